The van der Waals surface area contributed by atoms with Crippen molar-refractivity contribution in [1.29, 1.82) is 0 Å². The van der Waals surface area contributed by atoms with Crippen LogP contribution in [0.2, 0.25) is 0 Å². The maximum Gasteiger partial charge on any atom is 0.156 e. The minimum absolute atomic E-state index is 0.463. The normalized spacial score (nSPS) is 33.5. The molecule has 0 spiro atoms. The molecular formula is C9H16N2OS. The summed E-state index contributed by atoms with van der Waals surface area (Å²) in [6.45, 7) is 0.980. The zero-order valence-corrected chi connectivity index (χ0v) is 8.77. The summed E-state index contributed by atoms with van der Waals surface area (Å²) in [5, 5.41) is 4.62. The van der Waals surface area contributed by atoms with Gasteiger partial charge in [0.1, 0.15) is 0 Å². The Labute approximate surface area is 83.3 Å². The van der Waals surface area contributed by atoms with Crippen molar-refractivity contribution in [1.82, 2.24) is 5.32 Å². The van der Waals surface area contributed by atoms with Crippen molar-refractivity contribution in [3.63, 3.8) is 0 Å². The Morgan fingerprint density at radius 3 is 3.08 bits per heavy atom. The van der Waals surface area contributed by atoms with Crippen molar-refractivity contribution < 1.29 is 4.74 Å². The molecule has 3 nitrogen and oxygen atoms in total. The molecule has 2 rings (SSSR count). The summed E-state index contributed by atoms with van der Waals surface area (Å²) in [6.07, 6.45) is 4.00. The van der Waals surface area contributed by atoms with Crippen LogP contribution in [0.4, 0.5) is 0 Å². The first-order chi connectivity index (χ1) is 6.38. The number of rotatable bonds is 2. The molecule has 0 aromatic carbocycles. The van der Waals surface area contributed by atoms with Crippen molar-refractivity contribution in [3.05, 3.63) is 0 Å². The second kappa shape index (κ2) is 4.33. The van der Waals surface area contributed by atoms with Crippen LogP contribution in [-0.2, 0) is 4.74 Å². The van der Waals surface area contributed by atoms with E-state index >= 15 is 0 Å². The first kappa shape index (κ1) is 9.34. The van der Waals surface area contributed by atoms with Gasteiger partial charge in [-0.15, -0.1) is 0 Å². The summed E-state index contributed by atoms with van der Waals surface area (Å²) in [5.74, 6) is 1.14. The Hall–Kier alpha value is -0.220. The van der Waals surface area contributed by atoms with Gasteiger partial charge >= 0.3 is 0 Å². The van der Waals surface area contributed by atoms with E-state index in [4.69, 9.17) is 4.74 Å². The van der Waals surface area contributed by atoms with Crippen LogP contribution < -0.4 is 5.32 Å². The van der Waals surface area contributed by atoms with E-state index in [9.17, 15) is 0 Å². The monoisotopic (exact) mass is 200 g/mol. The summed E-state index contributed by atoms with van der Waals surface area (Å²) < 4.78 is 5.32. The molecular weight excluding hydrogens is 184 g/mol. The van der Waals surface area contributed by atoms with Gasteiger partial charge in [0.05, 0.1) is 12.6 Å². The quantitative estimate of drug-likeness (QED) is 0.728. The molecule has 0 radical (unpaired) electrons. The zero-order chi connectivity index (χ0) is 9.10. The highest BCUT2D eigenvalue weighted by molar-refractivity contribution is 8.14. The Balaban J connectivity index is 1.76. The van der Waals surface area contributed by atoms with Crippen molar-refractivity contribution in [2.75, 3.05) is 19.4 Å². The summed E-state index contributed by atoms with van der Waals surface area (Å²) in [4.78, 5) is 4.38. The summed E-state index contributed by atoms with van der Waals surface area (Å²) in [5.41, 5.74) is 0. The molecule has 2 aliphatic rings. The van der Waals surface area contributed by atoms with Gasteiger partial charge in [-0.3, -0.25) is 4.99 Å². The summed E-state index contributed by atoms with van der Waals surface area (Å²) in [7, 11) is 1.80. The molecule has 1 aliphatic heterocycles. The largest absolute Gasteiger partial charge is 0.381 e. The van der Waals surface area contributed by atoms with Gasteiger partial charge in [0.15, 0.2) is 5.17 Å². The van der Waals surface area contributed by atoms with Gasteiger partial charge in [-0.25, -0.2) is 0 Å². The average molecular weight is 200 g/mol. The van der Waals surface area contributed by atoms with Crippen LogP contribution in [0.3, 0.4) is 0 Å². The number of ether oxygens (including phenoxy) is 1. The lowest BCUT2D eigenvalue weighted by molar-refractivity contribution is 0.107. The van der Waals surface area contributed by atoms with E-state index in [0.717, 1.165) is 23.9 Å². The average Bonchev–Trinajstić information content (AvgIpc) is 2.76. The maximum atomic E-state index is 5.32. The van der Waals surface area contributed by atoms with Crippen LogP contribution in [-0.4, -0.2) is 36.7 Å². The summed E-state index contributed by atoms with van der Waals surface area (Å²) >= 11 is 1.84. The number of methoxy groups -OCH3 is 1. The molecule has 1 N–H and O–H groups in total. The molecule has 4 heteroatoms. The van der Waals surface area contributed by atoms with Gasteiger partial charge in [0.25, 0.3) is 0 Å². The van der Waals surface area contributed by atoms with Gasteiger partial charge in [-0.2, -0.15) is 0 Å². The molecule has 1 fully saturated rings. The molecule has 0 aromatic rings. The lowest BCUT2D eigenvalue weighted by Crippen LogP contribution is -2.30. The van der Waals surface area contributed by atoms with Crippen molar-refractivity contribution in [2.24, 2.45) is 4.99 Å². The first-order valence-corrected chi connectivity index (χ1v) is 5.83. The molecule has 0 amide bonds. The topological polar surface area (TPSA) is 33.6 Å². The smallest absolute Gasteiger partial charge is 0.156 e. The number of thioether (sulfide) groups is 1. The van der Waals surface area contributed by atoms with E-state index in [-0.39, 0.29) is 0 Å². The third-order valence-corrected chi connectivity index (χ3v) is 3.54. The van der Waals surface area contributed by atoms with Gasteiger partial charge < -0.3 is 10.1 Å². The molecule has 13 heavy (non-hydrogen) atoms. The lowest BCUT2D eigenvalue weighted by atomic mass is 10.2. The fourth-order valence-corrected chi connectivity index (χ4v) is 2.69. The van der Waals surface area contributed by atoms with E-state index in [1.165, 1.54) is 12.8 Å². The molecule has 1 heterocycles. The van der Waals surface area contributed by atoms with Gasteiger partial charge in [-0.05, 0) is 19.3 Å². The minimum Gasteiger partial charge on any atom is -0.381 e. The van der Waals surface area contributed by atoms with Gasteiger partial charge in [0, 0.05) is 18.9 Å². The van der Waals surface area contributed by atoms with Crippen molar-refractivity contribution in [2.45, 2.75) is 31.4 Å². The van der Waals surface area contributed by atoms with E-state index in [1.807, 2.05) is 11.8 Å². The molecule has 74 valence electrons. The van der Waals surface area contributed by atoms with Crippen LogP contribution in [0.25, 0.3) is 0 Å². The molecule has 1 aliphatic carbocycles. The van der Waals surface area contributed by atoms with Crippen LogP contribution in [0.15, 0.2) is 4.99 Å². The summed E-state index contributed by atoms with van der Waals surface area (Å²) in [6, 6.07) is 0.592. The van der Waals surface area contributed by atoms with Gasteiger partial charge in [0.2, 0.25) is 0 Å². The molecule has 0 bridgehead atoms. The van der Waals surface area contributed by atoms with Crippen LogP contribution in [0.1, 0.15) is 19.3 Å². The standard InChI is InChI=1S/C9H16N2OS/c1-12-8-3-2-7(6-8)11-9-10-4-5-13-9/h7-8H,2-6H2,1H3,(H,10,11). The highest BCUT2D eigenvalue weighted by Gasteiger charge is 2.25. The number of nitrogens with one attached hydrogen (secondary N) is 1. The Bertz CT molecular complexity index is 208. The number of hydrogen-bond acceptors (Lipinski definition) is 4. The second-order valence-corrected chi connectivity index (χ2v) is 4.63. The molecule has 2 unspecified atom stereocenters. The van der Waals surface area contributed by atoms with Gasteiger partial charge in [-0.1, -0.05) is 11.8 Å². The van der Waals surface area contributed by atoms with Crippen LogP contribution >= 0.6 is 11.8 Å². The molecule has 0 aromatic heterocycles. The van der Waals surface area contributed by atoms with Crippen molar-refractivity contribution >= 4 is 16.9 Å². The third kappa shape index (κ3) is 2.38. The van der Waals surface area contributed by atoms with Crippen LogP contribution in [0.5, 0.6) is 0 Å². The lowest BCUT2D eigenvalue weighted by Gasteiger charge is -2.12. The SMILES string of the molecule is COC1CCC(NC2=NCCS2)C1. The maximum absolute atomic E-state index is 5.32. The van der Waals surface area contributed by atoms with E-state index in [1.54, 1.807) is 7.11 Å². The molecule has 2 atom stereocenters. The molecule has 0 saturated heterocycles. The Morgan fingerprint density at radius 1 is 1.54 bits per heavy atom. The number of amidine groups is 1. The zero-order valence-electron chi connectivity index (χ0n) is 7.95. The minimum atomic E-state index is 0.463. The highest BCUT2D eigenvalue weighted by atomic mass is 32.2. The van der Waals surface area contributed by atoms with E-state index in [0.29, 0.717) is 12.1 Å². The van der Waals surface area contributed by atoms with E-state index in [2.05, 4.69) is 10.3 Å². The second-order valence-electron chi connectivity index (χ2n) is 3.55. The molecule has 1 saturated carbocycles. The van der Waals surface area contributed by atoms with Crippen molar-refractivity contribution in [3.8, 4) is 0 Å². The first-order valence-electron chi connectivity index (χ1n) is 4.85. The highest BCUT2D eigenvalue weighted by Crippen LogP contribution is 2.22. The van der Waals surface area contributed by atoms with E-state index < -0.39 is 0 Å². The van der Waals surface area contributed by atoms with Crippen LogP contribution in [0, 0.1) is 0 Å². The number of nitrogens with zero attached hydrogens (tertiary/aromatic N) is 1. The third-order valence-electron chi connectivity index (χ3n) is 2.63. The Morgan fingerprint density at radius 2 is 2.46 bits per heavy atom. The predicted molar refractivity (Wildman–Crippen MR) is 56.3 cm³/mol. The fraction of sp³-hybridized carbons (Fsp3) is 0.889. The number of hydrogen-bond donors (Lipinski definition) is 1. The Kier molecular flexibility index (Phi) is 3.11. The fourth-order valence-electron chi connectivity index (χ4n) is 1.88. The predicted octanol–water partition coefficient (Wildman–Crippen LogP) is 1.25. The number of aliphatic imine (C=N–C) groups is 1.